The van der Waals surface area contributed by atoms with Gasteiger partial charge in [0.1, 0.15) is 0 Å². The first-order valence-corrected chi connectivity index (χ1v) is 6.82. The molecule has 2 aromatic carbocycles. The van der Waals surface area contributed by atoms with Crippen molar-refractivity contribution < 1.29 is 4.79 Å². The molecule has 2 N–H and O–H groups in total. The number of nitriles is 1. The number of hydrogen-bond acceptors (Lipinski definition) is 3. The number of nitrogens with two attached hydrogens (primary N) is 1. The lowest BCUT2D eigenvalue weighted by Gasteiger charge is -2.23. The Morgan fingerprint density at radius 2 is 2.14 bits per heavy atom. The minimum absolute atomic E-state index is 0.0804. The predicted octanol–water partition coefficient (Wildman–Crippen LogP) is 2.73. The monoisotopic (exact) mass is 277 g/mol. The Hall–Kier alpha value is -2.80. The van der Waals surface area contributed by atoms with Crippen LogP contribution >= 0.6 is 0 Å². The van der Waals surface area contributed by atoms with Gasteiger partial charge in [-0.25, -0.2) is 0 Å². The van der Waals surface area contributed by atoms with Gasteiger partial charge in [0.15, 0.2) is 0 Å². The Balaban J connectivity index is 2.01. The van der Waals surface area contributed by atoms with Gasteiger partial charge in [0, 0.05) is 23.0 Å². The van der Waals surface area contributed by atoms with Crippen LogP contribution in [0.15, 0.2) is 42.5 Å². The average molecular weight is 277 g/mol. The molecule has 4 nitrogen and oxygen atoms in total. The second-order valence-corrected chi connectivity index (χ2v) is 5.31. The molecule has 104 valence electrons. The number of benzene rings is 2. The topological polar surface area (TPSA) is 70.1 Å². The Bertz CT molecular complexity index is 761. The fraction of sp³-hybridized carbons (Fsp3) is 0.176. The quantitative estimate of drug-likeness (QED) is 0.815. The largest absolute Gasteiger partial charge is 0.399 e. The summed E-state index contributed by atoms with van der Waals surface area (Å²) < 4.78 is 0. The van der Waals surface area contributed by atoms with Gasteiger partial charge in [0.2, 0.25) is 0 Å². The van der Waals surface area contributed by atoms with Gasteiger partial charge in [-0.15, -0.1) is 0 Å². The molecule has 1 aliphatic rings. The summed E-state index contributed by atoms with van der Waals surface area (Å²) in [5.41, 5.74) is 9.54. The van der Waals surface area contributed by atoms with Crippen molar-refractivity contribution in [3.05, 3.63) is 59.2 Å². The van der Waals surface area contributed by atoms with Crippen LogP contribution < -0.4 is 10.6 Å². The van der Waals surface area contributed by atoms with E-state index in [4.69, 9.17) is 11.0 Å². The minimum Gasteiger partial charge on any atom is -0.399 e. The maximum atomic E-state index is 12.8. The first kappa shape index (κ1) is 13.2. The Labute approximate surface area is 123 Å². The molecule has 1 atom stereocenters. The smallest absolute Gasteiger partial charge is 0.258 e. The highest BCUT2D eigenvalue weighted by Crippen LogP contribution is 2.34. The molecule has 1 aliphatic heterocycles. The number of carbonyl (C=O) groups is 1. The van der Waals surface area contributed by atoms with Crippen molar-refractivity contribution in [2.45, 2.75) is 19.4 Å². The van der Waals surface area contributed by atoms with Gasteiger partial charge in [-0.2, -0.15) is 5.26 Å². The molecule has 0 saturated carbocycles. The summed E-state index contributed by atoms with van der Waals surface area (Å²) in [6.07, 6.45) is 0.796. The van der Waals surface area contributed by atoms with Crippen molar-refractivity contribution in [2.75, 3.05) is 10.6 Å². The number of hydrogen-bond donors (Lipinski definition) is 1. The van der Waals surface area contributed by atoms with E-state index in [2.05, 4.69) is 6.07 Å². The van der Waals surface area contributed by atoms with Crippen LogP contribution in [0.1, 0.15) is 28.4 Å². The Morgan fingerprint density at radius 1 is 1.33 bits per heavy atom. The molecule has 0 radical (unpaired) electrons. The van der Waals surface area contributed by atoms with Crippen LogP contribution in [-0.2, 0) is 6.42 Å². The summed E-state index contributed by atoms with van der Waals surface area (Å²) >= 11 is 0. The minimum atomic E-state index is -0.0804. The molecule has 0 spiro atoms. The number of rotatable bonds is 1. The van der Waals surface area contributed by atoms with Crippen molar-refractivity contribution >= 4 is 17.3 Å². The van der Waals surface area contributed by atoms with Crippen LogP contribution in [0.5, 0.6) is 0 Å². The zero-order chi connectivity index (χ0) is 15.0. The van der Waals surface area contributed by atoms with E-state index in [9.17, 15) is 4.79 Å². The van der Waals surface area contributed by atoms with Gasteiger partial charge in [-0.3, -0.25) is 4.79 Å². The van der Waals surface area contributed by atoms with Crippen molar-refractivity contribution in [1.82, 2.24) is 0 Å². The van der Waals surface area contributed by atoms with E-state index in [1.807, 2.05) is 25.1 Å². The molecule has 1 amide bonds. The molecule has 21 heavy (non-hydrogen) atoms. The van der Waals surface area contributed by atoms with E-state index in [1.54, 1.807) is 29.2 Å². The number of amides is 1. The highest BCUT2D eigenvalue weighted by Gasteiger charge is 2.31. The van der Waals surface area contributed by atoms with E-state index in [-0.39, 0.29) is 11.9 Å². The van der Waals surface area contributed by atoms with Crippen LogP contribution in [0.25, 0.3) is 0 Å². The van der Waals surface area contributed by atoms with Gasteiger partial charge in [-0.1, -0.05) is 6.07 Å². The lowest BCUT2D eigenvalue weighted by Crippen LogP contribution is -2.35. The molecular weight excluding hydrogens is 262 g/mol. The first-order valence-electron chi connectivity index (χ1n) is 6.82. The van der Waals surface area contributed by atoms with E-state index < -0.39 is 0 Å². The summed E-state index contributed by atoms with van der Waals surface area (Å²) in [7, 11) is 0. The Morgan fingerprint density at radius 3 is 2.90 bits per heavy atom. The zero-order valence-electron chi connectivity index (χ0n) is 11.7. The van der Waals surface area contributed by atoms with Crippen molar-refractivity contribution in [3.8, 4) is 6.07 Å². The molecular formula is C17H15N3O. The normalized spacial score (nSPS) is 16.4. The standard InChI is InChI=1S/C17H15N3O/c1-11-7-14-9-15(19)5-6-16(14)20(11)17(21)13-4-2-3-12(8-13)10-18/h2-6,8-9,11H,7,19H2,1H3. The van der Waals surface area contributed by atoms with Crippen LogP contribution in [0.2, 0.25) is 0 Å². The SMILES string of the molecule is CC1Cc2cc(N)ccc2N1C(=O)c1cccc(C#N)c1. The van der Waals surface area contributed by atoms with Crippen molar-refractivity contribution in [3.63, 3.8) is 0 Å². The molecule has 0 bridgehead atoms. The fourth-order valence-corrected chi connectivity index (χ4v) is 2.82. The van der Waals surface area contributed by atoms with Crippen LogP contribution in [0, 0.1) is 11.3 Å². The van der Waals surface area contributed by atoms with Gasteiger partial charge in [0.25, 0.3) is 5.91 Å². The molecule has 4 heteroatoms. The summed E-state index contributed by atoms with van der Waals surface area (Å²) in [6, 6.07) is 14.6. The highest BCUT2D eigenvalue weighted by atomic mass is 16.2. The third kappa shape index (κ3) is 2.23. The van der Waals surface area contributed by atoms with E-state index >= 15 is 0 Å². The van der Waals surface area contributed by atoms with Crippen LogP contribution in [0.4, 0.5) is 11.4 Å². The van der Waals surface area contributed by atoms with Crippen molar-refractivity contribution in [1.29, 1.82) is 5.26 Å². The Kier molecular flexibility index (Phi) is 3.11. The summed E-state index contributed by atoms with van der Waals surface area (Å²) in [5.74, 6) is -0.0804. The average Bonchev–Trinajstić information content (AvgIpc) is 2.81. The van der Waals surface area contributed by atoms with Gasteiger partial charge >= 0.3 is 0 Å². The number of anilines is 2. The summed E-state index contributed by atoms with van der Waals surface area (Å²) in [4.78, 5) is 14.5. The molecule has 3 rings (SSSR count). The predicted molar refractivity (Wildman–Crippen MR) is 82.0 cm³/mol. The number of carbonyl (C=O) groups excluding carboxylic acids is 1. The second kappa shape index (κ2) is 4.95. The van der Waals surface area contributed by atoms with Gasteiger partial charge < -0.3 is 10.6 Å². The zero-order valence-corrected chi connectivity index (χ0v) is 11.7. The third-order valence-electron chi connectivity index (χ3n) is 3.78. The summed E-state index contributed by atoms with van der Waals surface area (Å²) in [5, 5.41) is 8.96. The maximum absolute atomic E-state index is 12.8. The van der Waals surface area contributed by atoms with E-state index in [0.29, 0.717) is 16.8 Å². The van der Waals surface area contributed by atoms with E-state index in [0.717, 1.165) is 17.7 Å². The molecule has 1 unspecified atom stereocenters. The molecule has 2 aromatic rings. The number of fused-ring (bicyclic) bond motifs is 1. The molecule has 0 aromatic heterocycles. The summed E-state index contributed by atoms with van der Waals surface area (Å²) in [6.45, 7) is 2.02. The molecule has 0 aliphatic carbocycles. The highest BCUT2D eigenvalue weighted by molar-refractivity contribution is 6.08. The van der Waals surface area contributed by atoms with Crippen LogP contribution in [-0.4, -0.2) is 11.9 Å². The second-order valence-electron chi connectivity index (χ2n) is 5.31. The maximum Gasteiger partial charge on any atom is 0.258 e. The van der Waals surface area contributed by atoms with Gasteiger partial charge in [-0.05, 0) is 55.3 Å². The fourth-order valence-electron chi connectivity index (χ4n) is 2.82. The van der Waals surface area contributed by atoms with Crippen molar-refractivity contribution in [2.24, 2.45) is 0 Å². The number of nitrogen functional groups attached to an aromatic ring is 1. The lowest BCUT2D eigenvalue weighted by molar-refractivity contribution is 0.0981. The third-order valence-corrected chi connectivity index (χ3v) is 3.78. The molecule has 1 heterocycles. The first-order chi connectivity index (χ1) is 10.1. The molecule has 0 fully saturated rings. The number of nitrogens with zero attached hydrogens (tertiary/aromatic N) is 2. The van der Waals surface area contributed by atoms with E-state index in [1.165, 1.54) is 0 Å². The molecule has 0 saturated heterocycles. The van der Waals surface area contributed by atoms with Gasteiger partial charge in [0.05, 0.1) is 11.6 Å². The lowest BCUT2D eigenvalue weighted by atomic mass is 10.1. The van der Waals surface area contributed by atoms with Crippen LogP contribution in [0.3, 0.4) is 0 Å².